The molecule has 1 atom stereocenters. The highest BCUT2D eigenvalue weighted by Crippen LogP contribution is 2.21. The molecule has 3 rings (SSSR count). The Balaban J connectivity index is 1.67. The summed E-state index contributed by atoms with van der Waals surface area (Å²) in [6, 6.07) is 9.53. The molecule has 1 aromatic carbocycles. The van der Waals surface area contributed by atoms with Crippen LogP contribution in [0.15, 0.2) is 36.5 Å². The molecule has 2 aromatic rings. The van der Waals surface area contributed by atoms with Gasteiger partial charge in [-0.15, -0.1) is 0 Å². The van der Waals surface area contributed by atoms with E-state index in [9.17, 15) is 4.79 Å². The van der Waals surface area contributed by atoms with Gasteiger partial charge in [-0.25, -0.2) is 4.68 Å². The number of nitrogens with zero attached hydrogens (tertiary/aromatic N) is 3. The number of aromatic nitrogens is 2. The summed E-state index contributed by atoms with van der Waals surface area (Å²) in [6.07, 6.45) is 3.73. The van der Waals surface area contributed by atoms with Crippen molar-refractivity contribution in [1.29, 1.82) is 0 Å². The van der Waals surface area contributed by atoms with Gasteiger partial charge < -0.3 is 15.4 Å². The molecule has 1 aliphatic heterocycles. The summed E-state index contributed by atoms with van der Waals surface area (Å²) in [5, 5.41) is 4.43. The Bertz CT molecular complexity index is 685. The molecule has 2 heterocycles. The van der Waals surface area contributed by atoms with E-state index in [1.165, 1.54) is 0 Å². The van der Waals surface area contributed by atoms with Crippen LogP contribution < -0.4 is 10.5 Å². The van der Waals surface area contributed by atoms with E-state index in [0.29, 0.717) is 11.6 Å². The molecular formula is C18H24N4O2. The van der Waals surface area contributed by atoms with Crippen molar-refractivity contribution in [2.75, 3.05) is 20.2 Å². The number of methoxy groups -OCH3 is 1. The molecule has 0 bridgehead atoms. The minimum absolute atomic E-state index is 0.00890. The monoisotopic (exact) mass is 328 g/mol. The number of amides is 1. The van der Waals surface area contributed by atoms with Gasteiger partial charge in [-0.2, -0.15) is 5.10 Å². The zero-order valence-electron chi connectivity index (χ0n) is 14.2. The first-order chi connectivity index (χ1) is 11.6. The summed E-state index contributed by atoms with van der Waals surface area (Å²) >= 11 is 0. The number of hydrogen-bond acceptors (Lipinski definition) is 4. The third-order valence-corrected chi connectivity index (χ3v) is 4.72. The maximum absolute atomic E-state index is 12.6. The number of carbonyl (C=O) groups excluding carboxylic acids is 1. The lowest BCUT2D eigenvalue weighted by Crippen LogP contribution is -2.42. The standard InChI is InChI=1S/C18H24N4O2/c1-13(19)14-7-10-21(11-8-14)18(23)17-9-12-22(20-17)15-3-5-16(24-2)6-4-15/h3-6,9,12-14H,7-8,10-11,19H2,1-2H3. The molecule has 0 spiro atoms. The first kappa shape index (κ1) is 16.5. The lowest BCUT2D eigenvalue weighted by molar-refractivity contribution is 0.0674. The molecule has 0 radical (unpaired) electrons. The number of rotatable bonds is 4. The average Bonchev–Trinajstić information content (AvgIpc) is 3.11. The lowest BCUT2D eigenvalue weighted by atomic mass is 9.91. The number of carbonyl (C=O) groups is 1. The number of nitrogens with two attached hydrogens (primary N) is 1. The van der Waals surface area contributed by atoms with Crippen molar-refractivity contribution < 1.29 is 9.53 Å². The van der Waals surface area contributed by atoms with Crippen molar-refractivity contribution in [3.05, 3.63) is 42.2 Å². The van der Waals surface area contributed by atoms with Crippen molar-refractivity contribution >= 4 is 5.91 Å². The van der Waals surface area contributed by atoms with Crippen LogP contribution in [-0.2, 0) is 0 Å². The zero-order valence-corrected chi connectivity index (χ0v) is 14.2. The molecule has 1 fully saturated rings. The van der Waals surface area contributed by atoms with Crippen LogP contribution in [0.4, 0.5) is 0 Å². The molecule has 0 saturated carbocycles. The fourth-order valence-corrected chi connectivity index (χ4v) is 3.11. The summed E-state index contributed by atoms with van der Waals surface area (Å²) in [5.74, 6) is 1.29. The molecule has 1 unspecified atom stereocenters. The fraction of sp³-hybridized carbons (Fsp3) is 0.444. The van der Waals surface area contributed by atoms with Gasteiger partial charge in [-0.3, -0.25) is 4.79 Å². The molecule has 1 aromatic heterocycles. The molecule has 6 heteroatoms. The Kier molecular flexibility index (Phi) is 4.85. The normalized spacial score (nSPS) is 16.9. The summed E-state index contributed by atoms with van der Waals surface area (Å²) in [6.45, 7) is 3.54. The second-order valence-electron chi connectivity index (χ2n) is 6.33. The number of hydrogen-bond donors (Lipinski definition) is 1. The molecule has 1 saturated heterocycles. The zero-order chi connectivity index (χ0) is 17.1. The van der Waals surface area contributed by atoms with Crippen LogP contribution in [0, 0.1) is 5.92 Å². The third kappa shape index (κ3) is 3.43. The van der Waals surface area contributed by atoms with E-state index in [1.807, 2.05) is 42.3 Å². The quantitative estimate of drug-likeness (QED) is 0.932. The molecule has 24 heavy (non-hydrogen) atoms. The van der Waals surface area contributed by atoms with Crippen LogP contribution in [0.3, 0.4) is 0 Å². The second-order valence-corrected chi connectivity index (χ2v) is 6.33. The van der Waals surface area contributed by atoms with E-state index >= 15 is 0 Å². The molecule has 0 aliphatic carbocycles. The van der Waals surface area contributed by atoms with E-state index in [4.69, 9.17) is 10.5 Å². The maximum Gasteiger partial charge on any atom is 0.274 e. The van der Waals surface area contributed by atoms with Crippen LogP contribution in [-0.4, -0.2) is 46.8 Å². The Hall–Kier alpha value is -2.34. The van der Waals surface area contributed by atoms with Crippen molar-refractivity contribution in [3.8, 4) is 11.4 Å². The first-order valence-corrected chi connectivity index (χ1v) is 8.33. The average molecular weight is 328 g/mol. The summed E-state index contributed by atoms with van der Waals surface area (Å²) < 4.78 is 6.86. The molecule has 1 amide bonds. The molecule has 1 aliphatic rings. The molecule has 6 nitrogen and oxygen atoms in total. The summed E-state index contributed by atoms with van der Waals surface area (Å²) in [5.41, 5.74) is 7.33. The van der Waals surface area contributed by atoms with Crippen LogP contribution in [0.25, 0.3) is 5.69 Å². The third-order valence-electron chi connectivity index (χ3n) is 4.72. The predicted octanol–water partition coefficient (Wildman–Crippen LogP) is 2.08. The van der Waals surface area contributed by atoms with Crippen molar-refractivity contribution in [3.63, 3.8) is 0 Å². The Morgan fingerprint density at radius 2 is 1.92 bits per heavy atom. The summed E-state index contributed by atoms with van der Waals surface area (Å²) in [4.78, 5) is 14.5. The van der Waals surface area contributed by atoms with Gasteiger partial charge in [0.05, 0.1) is 12.8 Å². The van der Waals surface area contributed by atoms with Crippen molar-refractivity contribution in [1.82, 2.24) is 14.7 Å². The highest BCUT2D eigenvalue weighted by atomic mass is 16.5. The van der Waals surface area contributed by atoms with E-state index in [-0.39, 0.29) is 11.9 Å². The first-order valence-electron chi connectivity index (χ1n) is 8.33. The van der Waals surface area contributed by atoms with Crippen LogP contribution in [0.2, 0.25) is 0 Å². The minimum Gasteiger partial charge on any atom is -0.497 e. The SMILES string of the molecule is COc1ccc(-n2ccc(C(=O)N3CCC(C(C)N)CC3)n2)cc1. The minimum atomic E-state index is -0.00890. The smallest absolute Gasteiger partial charge is 0.274 e. The van der Waals surface area contributed by atoms with E-state index < -0.39 is 0 Å². The van der Waals surface area contributed by atoms with Crippen LogP contribution in [0.5, 0.6) is 5.75 Å². The highest BCUT2D eigenvalue weighted by molar-refractivity contribution is 5.92. The largest absolute Gasteiger partial charge is 0.497 e. The molecule has 128 valence electrons. The lowest BCUT2D eigenvalue weighted by Gasteiger charge is -2.33. The van der Waals surface area contributed by atoms with Gasteiger partial charge in [0.25, 0.3) is 5.91 Å². The van der Waals surface area contributed by atoms with E-state index in [2.05, 4.69) is 5.10 Å². The van der Waals surface area contributed by atoms with Crippen LogP contribution in [0.1, 0.15) is 30.3 Å². The van der Waals surface area contributed by atoms with E-state index in [0.717, 1.165) is 37.4 Å². The maximum atomic E-state index is 12.6. The summed E-state index contributed by atoms with van der Waals surface area (Å²) in [7, 11) is 1.63. The number of likely N-dealkylation sites (tertiary alicyclic amines) is 1. The number of ether oxygens (including phenoxy) is 1. The van der Waals surface area contributed by atoms with Gasteiger partial charge in [0.2, 0.25) is 0 Å². The molecule has 2 N–H and O–H groups in total. The van der Waals surface area contributed by atoms with Gasteiger partial charge in [-0.1, -0.05) is 0 Å². The Labute approximate surface area is 142 Å². The van der Waals surface area contributed by atoms with Crippen LogP contribution >= 0.6 is 0 Å². The van der Waals surface area contributed by atoms with Gasteiger partial charge in [-0.05, 0) is 56.0 Å². The number of benzene rings is 1. The Morgan fingerprint density at radius 1 is 1.25 bits per heavy atom. The van der Waals surface area contributed by atoms with Gasteiger partial charge in [0.1, 0.15) is 5.75 Å². The van der Waals surface area contributed by atoms with Crippen molar-refractivity contribution in [2.24, 2.45) is 11.7 Å². The fourth-order valence-electron chi connectivity index (χ4n) is 3.11. The molecular weight excluding hydrogens is 304 g/mol. The van der Waals surface area contributed by atoms with E-state index in [1.54, 1.807) is 17.9 Å². The number of piperidine rings is 1. The topological polar surface area (TPSA) is 73.4 Å². The Morgan fingerprint density at radius 3 is 2.50 bits per heavy atom. The van der Waals surface area contributed by atoms with Gasteiger partial charge in [0, 0.05) is 25.3 Å². The predicted molar refractivity (Wildman–Crippen MR) is 92.4 cm³/mol. The highest BCUT2D eigenvalue weighted by Gasteiger charge is 2.26. The second kappa shape index (κ2) is 7.05. The van der Waals surface area contributed by atoms with Gasteiger partial charge in [0.15, 0.2) is 5.69 Å². The van der Waals surface area contributed by atoms with Gasteiger partial charge >= 0.3 is 0 Å². The van der Waals surface area contributed by atoms with Crippen molar-refractivity contribution in [2.45, 2.75) is 25.8 Å².